The van der Waals surface area contributed by atoms with Crippen molar-refractivity contribution in [2.45, 2.75) is 59.2 Å². The summed E-state index contributed by atoms with van der Waals surface area (Å²) in [6.45, 7) is 10.7. The molecule has 0 aromatic heterocycles. The van der Waals surface area contributed by atoms with Gasteiger partial charge in [-0.25, -0.2) is 4.79 Å². The van der Waals surface area contributed by atoms with E-state index >= 15 is 0 Å². The lowest BCUT2D eigenvalue weighted by molar-refractivity contribution is -0.488. The van der Waals surface area contributed by atoms with Gasteiger partial charge in [-0.05, 0) is 39.2 Å². The molecule has 1 rings (SSSR count). The monoisotopic (exact) mass is 336 g/mol. The Kier molecular flexibility index (Phi) is 6.75. The number of rotatable bonds is 6. The zero-order valence-electron chi connectivity index (χ0n) is 15.4. The van der Waals surface area contributed by atoms with E-state index in [-0.39, 0.29) is 23.4 Å². The van der Waals surface area contributed by atoms with Gasteiger partial charge in [0, 0.05) is 4.92 Å². The standard InChI is InChI=1S/C18H28N2O4/c1-13(2)16(12-19(22)23)20(17(21)24-18(4,5)6)14(3)15-10-8-7-9-11-15/h7-11,13-14,16H,12H2,1-6H3. The maximum atomic E-state index is 12.8. The molecule has 0 radical (unpaired) electrons. The van der Waals surface area contributed by atoms with Crippen molar-refractivity contribution in [3.8, 4) is 0 Å². The molecule has 1 aromatic rings. The molecule has 0 aliphatic rings. The highest BCUT2D eigenvalue weighted by molar-refractivity contribution is 5.69. The number of benzene rings is 1. The molecule has 0 saturated carbocycles. The molecule has 0 heterocycles. The Hall–Kier alpha value is -2.11. The van der Waals surface area contributed by atoms with Gasteiger partial charge in [-0.15, -0.1) is 0 Å². The predicted molar refractivity (Wildman–Crippen MR) is 93.4 cm³/mol. The van der Waals surface area contributed by atoms with Crippen LogP contribution in [0.25, 0.3) is 0 Å². The number of hydrogen-bond donors (Lipinski definition) is 0. The van der Waals surface area contributed by atoms with Crippen LogP contribution in [-0.4, -0.2) is 34.1 Å². The minimum absolute atomic E-state index is 0.0749. The molecule has 0 spiro atoms. The molecule has 6 heteroatoms. The van der Waals surface area contributed by atoms with Crippen LogP contribution in [0, 0.1) is 16.0 Å². The first-order valence-corrected chi connectivity index (χ1v) is 8.21. The van der Waals surface area contributed by atoms with Gasteiger partial charge in [-0.1, -0.05) is 44.2 Å². The molecular weight excluding hydrogens is 308 g/mol. The largest absolute Gasteiger partial charge is 0.444 e. The number of nitro groups is 1. The van der Waals surface area contributed by atoms with Crippen LogP contribution in [0.5, 0.6) is 0 Å². The van der Waals surface area contributed by atoms with Crippen LogP contribution in [0.1, 0.15) is 53.1 Å². The van der Waals surface area contributed by atoms with E-state index in [1.54, 1.807) is 20.8 Å². The fourth-order valence-corrected chi connectivity index (χ4v) is 2.56. The molecule has 2 atom stereocenters. The summed E-state index contributed by atoms with van der Waals surface area (Å²) in [5.41, 5.74) is 0.249. The summed E-state index contributed by atoms with van der Waals surface area (Å²) in [5, 5.41) is 11.1. The fourth-order valence-electron chi connectivity index (χ4n) is 2.56. The summed E-state index contributed by atoms with van der Waals surface area (Å²) in [5.74, 6) is -0.0749. The summed E-state index contributed by atoms with van der Waals surface area (Å²) < 4.78 is 5.52. The number of carbonyl (C=O) groups is 1. The second-order valence-electron chi connectivity index (χ2n) is 7.30. The Balaban J connectivity index is 3.23. The number of ether oxygens (including phenoxy) is 1. The summed E-state index contributed by atoms with van der Waals surface area (Å²) in [6.07, 6.45) is -0.528. The lowest BCUT2D eigenvalue weighted by Gasteiger charge is -2.37. The molecule has 0 aliphatic heterocycles. The number of nitrogens with zero attached hydrogens (tertiary/aromatic N) is 2. The second kappa shape index (κ2) is 8.13. The van der Waals surface area contributed by atoms with Gasteiger partial charge in [0.15, 0.2) is 0 Å². The first kappa shape index (κ1) is 19.9. The van der Waals surface area contributed by atoms with Crippen molar-refractivity contribution in [3.05, 3.63) is 46.0 Å². The molecule has 0 fully saturated rings. The van der Waals surface area contributed by atoms with Crippen molar-refractivity contribution in [2.75, 3.05) is 6.54 Å². The molecule has 6 nitrogen and oxygen atoms in total. The highest BCUT2D eigenvalue weighted by Crippen LogP contribution is 2.28. The molecule has 2 unspecified atom stereocenters. The molecule has 1 aromatic carbocycles. The predicted octanol–water partition coefficient (Wildman–Crippen LogP) is 4.29. The topological polar surface area (TPSA) is 72.7 Å². The van der Waals surface area contributed by atoms with Crippen LogP contribution in [0.3, 0.4) is 0 Å². The molecule has 0 bridgehead atoms. The quantitative estimate of drug-likeness (QED) is 0.574. The Morgan fingerprint density at radius 3 is 2.17 bits per heavy atom. The van der Waals surface area contributed by atoms with E-state index in [1.807, 2.05) is 51.1 Å². The lowest BCUT2D eigenvalue weighted by atomic mass is 9.98. The molecule has 134 valence electrons. The van der Waals surface area contributed by atoms with Crippen molar-refractivity contribution in [3.63, 3.8) is 0 Å². The van der Waals surface area contributed by atoms with Crippen LogP contribution in [0.15, 0.2) is 30.3 Å². The van der Waals surface area contributed by atoms with Gasteiger partial charge in [-0.2, -0.15) is 0 Å². The van der Waals surface area contributed by atoms with E-state index in [2.05, 4.69) is 0 Å². The Bertz CT molecular complexity index is 552. The third-order valence-corrected chi connectivity index (χ3v) is 3.77. The van der Waals surface area contributed by atoms with E-state index in [1.165, 1.54) is 4.90 Å². The minimum Gasteiger partial charge on any atom is -0.444 e. The smallest absolute Gasteiger partial charge is 0.411 e. The molecule has 24 heavy (non-hydrogen) atoms. The molecule has 0 saturated heterocycles. The average molecular weight is 336 g/mol. The van der Waals surface area contributed by atoms with E-state index < -0.39 is 17.7 Å². The zero-order chi connectivity index (χ0) is 18.5. The number of hydrogen-bond acceptors (Lipinski definition) is 4. The maximum absolute atomic E-state index is 12.8. The van der Waals surface area contributed by atoms with E-state index in [9.17, 15) is 14.9 Å². The normalized spacial score (nSPS) is 14.1. The van der Waals surface area contributed by atoms with Crippen molar-refractivity contribution >= 4 is 6.09 Å². The second-order valence-corrected chi connectivity index (χ2v) is 7.30. The molecular formula is C18H28N2O4. The third kappa shape index (κ3) is 5.83. The summed E-state index contributed by atoms with van der Waals surface area (Å²) in [4.78, 5) is 25.0. The van der Waals surface area contributed by atoms with Crippen LogP contribution in [0.4, 0.5) is 4.79 Å². The first-order chi connectivity index (χ1) is 11.0. The lowest BCUT2D eigenvalue weighted by Crippen LogP contribution is -2.50. The zero-order valence-corrected chi connectivity index (χ0v) is 15.4. The SMILES string of the molecule is CC(C)C(C[N+](=O)[O-])N(C(=O)OC(C)(C)C)C(C)c1ccccc1. The van der Waals surface area contributed by atoms with Gasteiger partial charge in [-0.3, -0.25) is 15.0 Å². The van der Waals surface area contributed by atoms with Crippen molar-refractivity contribution in [1.29, 1.82) is 0 Å². The van der Waals surface area contributed by atoms with Gasteiger partial charge >= 0.3 is 6.09 Å². The van der Waals surface area contributed by atoms with E-state index in [0.29, 0.717) is 0 Å². The number of amides is 1. The van der Waals surface area contributed by atoms with Crippen LogP contribution >= 0.6 is 0 Å². The van der Waals surface area contributed by atoms with Gasteiger partial charge in [0.05, 0.1) is 6.04 Å². The van der Waals surface area contributed by atoms with Crippen molar-refractivity contribution in [2.24, 2.45) is 5.92 Å². The molecule has 0 N–H and O–H groups in total. The van der Waals surface area contributed by atoms with Crippen molar-refractivity contribution in [1.82, 2.24) is 4.90 Å². The van der Waals surface area contributed by atoms with E-state index in [4.69, 9.17) is 4.74 Å². The van der Waals surface area contributed by atoms with Crippen LogP contribution in [0.2, 0.25) is 0 Å². The summed E-state index contributed by atoms with van der Waals surface area (Å²) >= 11 is 0. The highest BCUT2D eigenvalue weighted by atomic mass is 16.6. The Morgan fingerprint density at radius 2 is 1.75 bits per heavy atom. The average Bonchev–Trinajstić information content (AvgIpc) is 2.44. The molecule has 0 aliphatic carbocycles. The summed E-state index contributed by atoms with van der Waals surface area (Å²) in [7, 11) is 0. The van der Waals surface area contributed by atoms with Gasteiger partial charge < -0.3 is 4.74 Å². The highest BCUT2D eigenvalue weighted by Gasteiger charge is 2.37. The van der Waals surface area contributed by atoms with Crippen LogP contribution in [-0.2, 0) is 4.74 Å². The first-order valence-electron chi connectivity index (χ1n) is 8.21. The van der Waals surface area contributed by atoms with Crippen molar-refractivity contribution < 1.29 is 14.5 Å². The number of carbonyl (C=O) groups excluding carboxylic acids is 1. The maximum Gasteiger partial charge on any atom is 0.411 e. The van der Waals surface area contributed by atoms with Crippen LogP contribution < -0.4 is 0 Å². The molecule has 1 amide bonds. The van der Waals surface area contributed by atoms with Gasteiger partial charge in [0.2, 0.25) is 6.54 Å². The van der Waals surface area contributed by atoms with Gasteiger partial charge in [0.1, 0.15) is 11.6 Å². The van der Waals surface area contributed by atoms with Gasteiger partial charge in [0.25, 0.3) is 0 Å². The Morgan fingerprint density at radius 1 is 1.21 bits per heavy atom. The third-order valence-electron chi connectivity index (χ3n) is 3.77. The summed E-state index contributed by atoms with van der Waals surface area (Å²) in [6, 6.07) is 8.61. The fraction of sp³-hybridized carbons (Fsp3) is 0.611. The Labute approximate surface area is 143 Å². The van der Waals surface area contributed by atoms with E-state index in [0.717, 1.165) is 5.56 Å². The minimum atomic E-state index is -0.665.